The van der Waals surface area contributed by atoms with Gasteiger partial charge in [0.05, 0.1) is 11.1 Å². The molecule has 2 aromatic heterocycles. The summed E-state index contributed by atoms with van der Waals surface area (Å²) >= 11 is 5.07. The highest BCUT2D eigenvalue weighted by molar-refractivity contribution is 7.71. The molecule has 0 saturated heterocycles. The fourth-order valence-electron chi connectivity index (χ4n) is 2.09. The Hall–Kier alpha value is -2.35. The van der Waals surface area contributed by atoms with Crippen LogP contribution in [0.1, 0.15) is 5.69 Å². The lowest BCUT2D eigenvalue weighted by atomic mass is 10.2. The van der Waals surface area contributed by atoms with Crippen LogP contribution < -0.4 is 5.73 Å². The van der Waals surface area contributed by atoms with Gasteiger partial charge in [-0.1, -0.05) is 6.07 Å². The number of H-pyrrole nitrogens is 1. The normalized spacial score (nSPS) is 11.2. The number of benzene rings is 1. The minimum Gasteiger partial charge on any atom is -0.384 e. The number of rotatable bonds is 1. The molecule has 2 heterocycles. The van der Waals surface area contributed by atoms with Crippen molar-refractivity contribution in [1.82, 2.24) is 19.7 Å². The molecular weight excluding hydrogens is 284 g/mol. The summed E-state index contributed by atoms with van der Waals surface area (Å²) in [4.78, 5) is 4.06. The molecule has 0 saturated carbocycles. The lowest BCUT2D eigenvalue weighted by Crippen LogP contribution is -2.11. The monoisotopic (exact) mass is 293 g/mol. The van der Waals surface area contributed by atoms with Crippen LogP contribution in [0.4, 0.5) is 14.6 Å². The number of para-hydroxylation sites is 1. The van der Waals surface area contributed by atoms with Gasteiger partial charge in [0.15, 0.2) is 5.65 Å². The van der Waals surface area contributed by atoms with Gasteiger partial charge >= 0.3 is 0 Å². The van der Waals surface area contributed by atoms with E-state index in [0.717, 1.165) is 16.7 Å². The van der Waals surface area contributed by atoms with Crippen LogP contribution in [-0.4, -0.2) is 19.7 Å². The number of halogens is 2. The van der Waals surface area contributed by atoms with Gasteiger partial charge in [-0.2, -0.15) is 10.1 Å². The number of nitrogens with one attached hydrogen (secondary N) is 1. The number of hydrogen-bond acceptors (Lipinski definition) is 4. The summed E-state index contributed by atoms with van der Waals surface area (Å²) in [6.45, 7) is 1.71. The zero-order valence-electron chi connectivity index (χ0n) is 10.3. The Balaban J connectivity index is 2.48. The van der Waals surface area contributed by atoms with Gasteiger partial charge in [-0.05, 0) is 31.3 Å². The third-order valence-corrected chi connectivity index (χ3v) is 3.26. The third kappa shape index (κ3) is 1.68. The molecule has 3 N–H and O–H groups in total. The average molecular weight is 293 g/mol. The van der Waals surface area contributed by atoms with Gasteiger partial charge in [0.1, 0.15) is 23.1 Å². The van der Waals surface area contributed by atoms with Crippen molar-refractivity contribution < 1.29 is 8.78 Å². The van der Waals surface area contributed by atoms with Crippen LogP contribution >= 0.6 is 12.2 Å². The second kappa shape index (κ2) is 4.34. The maximum atomic E-state index is 13.9. The molecule has 0 radical (unpaired) electrons. The number of nitrogens with two attached hydrogens (primary N) is 1. The summed E-state index contributed by atoms with van der Waals surface area (Å²) in [6, 6.07) is 3.53. The van der Waals surface area contributed by atoms with E-state index in [2.05, 4.69) is 15.2 Å². The highest BCUT2D eigenvalue weighted by Gasteiger charge is 2.18. The lowest BCUT2D eigenvalue weighted by molar-refractivity contribution is 0.568. The number of aromatic nitrogens is 4. The number of hydrogen-bond donors (Lipinski definition) is 2. The molecule has 0 amide bonds. The second-order valence-corrected chi connectivity index (χ2v) is 4.58. The van der Waals surface area contributed by atoms with E-state index < -0.39 is 11.6 Å². The van der Waals surface area contributed by atoms with Gasteiger partial charge in [0.25, 0.3) is 0 Å². The fraction of sp³-hybridized carbons (Fsp3) is 0.0833. The molecule has 0 aliphatic heterocycles. The lowest BCUT2D eigenvalue weighted by Gasteiger charge is -2.12. The minimum absolute atomic E-state index is 0.0531. The Morgan fingerprint density at radius 3 is 2.60 bits per heavy atom. The summed E-state index contributed by atoms with van der Waals surface area (Å²) in [6.07, 6.45) is 0. The Bertz CT molecular complexity index is 863. The van der Waals surface area contributed by atoms with E-state index in [4.69, 9.17) is 18.0 Å². The molecule has 20 heavy (non-hydrogen) atoms. The van der Waals surface area contributed by atoms with Crippen LogP contribution in [0.15, 0.2) is 18.2 Å². The largest absolute Gasteiger partial charge is 0.384 e. The number of nitrogens with zero attached hydrogens (tertiary/aromatic N) is 3. The van der Waals surface area contributed by atoms with Crippen LogP contribution in [0.2, 0.25) is 0 Å². The maximum Gasteiger partial charge on any atom is 0.207 e. The molecule has 3 aromatic rings. The Morgan fingerprint density at radius 1 is 1.30 bits per heavy atom. The summed E-state index contributed by atoms with van der Waals surface area (Å²) in [5.41, 5.74) is 6.62. The Kier molecular flexibility index (Phi) is 2.75. The molecule has 0 unspecified atom stereocenters. The van der Waals surface area contributed by atoms with Gasteiger partial charge in [-0.3, -0.25) is 9.67 Å². The number of aryl methyl sites for hydroxylation is 1. The van der Waals surface area contributed by atoms with Gasteiger partial charge in [-0.25, -0.2) is 8.78 Å². The van der Waals surface area contributed by atoms with Crippen LogP contribution in [-0.2, 0) is 0 Å². The van der Waals surface area contributed by atoms with Gasteiger partial charge < -0.3 is 5.73 Å². The molecular formula is C12H9F2N5S. The summed E-state index contributed by atoms with van der Waals surface area (Å²) in [5, 5.41) is 7.12. The van der Waals surface area contributed by atoms with Crippen molar-refractivity contribution in [2.45, 2.75) is 6.92 Å². The number of anilines is 1. The van der Waals surface area contributed by atoms with Crippen LogP contribution in [0.25, 0.3) is 16.7 Å². The highest BCUT2D eigenvalue weighted by Crippen LogP contribution is 2.27. The molecule has 0 bridgehead atoms. The van der Waals surface area contributed by atoms with Crippen molar-refractivity contribution in [3.05, 3.63) is 40.3 Å². The van der Waals surface area contributed by atoms with E-state index in [0.29, 0.717) is 16.7 Å². The molecule has 1 aromatic carbocycles. The minimum atomic E-state index is -0.768. The molecule has 102 valence electrons. The molecule has 0 spiro atoms. The van der Waals surface area contributed by atoms with Crippen LogP contribution in [0, 0.1) is 23.3 Å². The van der Waals surface area contributed by atoms with Crippen molar-refractivity contribution in [2.75, 3.05) is 5.73 Å². The third-order valence-electron chi connectivity index (χ3n) is 2.99. The molecule has 3 rings (SSSR count). The van der Waals surface area contributed by atoms with E-state index in [-0.39, 0.29) is 16.3 Å². The van der Waals surface area contributed by atoms with Gasteiger partial charge in [0.2, 0.25) is 4.77 Å². The number of aromatic amines is 1. The first-order valence-corrected chi connectivity index (χ1v) is 6.09. The predicted molar refractivity (Wildman–Crippen MR) is 73.1 cm³/mol. The van der Waals surface area contributed by atoms with Gasteiger partial charge in [-0.15, -0.1) is 0 Å². The predicted octanol–water partition coefficient (Wildman–Crippen LogP) is 2.65. The molecule has 8 heteroatoms. The van der Waals surface area contributed by atoms with Gasteiger partial charge in [0, 0.05) is 0 Å². The van der Waals surface area contributed by atoms with Crippen LogP contribution in [0.3, 0.4) is 0 Å². The first-order valence-electron chi connectivity index (χ1n) is 5.68. The zero-order chi connectivity index (χ0) is 14.4. The SMILES string of the molecule is Cc1n[nH]c2nc(=S)n(-c3c(F)cccc3F)c(N)c12. The fourth-order valence-corrected chi connectivity index (χ4v) is 2.37. The van der Waals surface area contributed by atoms with E-state index in [9.17, 15) is 8.78 Å². The van der Waals surface area contributed by atoms with E-state index in [1.54, 1.807) is 6.92 Å². The highest BCUT2D eigenvalue weighted by atomic mass is 32.1. The maximum absolute atomic E-state index is 13.9. The second-order valence-electron chi connectivity index (χ2n) is 4.22. The first-order chi connectivity index (χ1) is 9.50. The summed E-state index contributed by atoms with van der Waals surface area (Å²) in [7, 11) is 0. The summed E-state index contributed by atoms with van der Waals surface area (Å²) in [5.74, 6) is -1.44. The standard InChI is InChI=1S/C12H9F2N5S/c1-5-8-10(15)19(12(20)16-11(8)18-17-5)9-6(13)3-2-4-7(9)14/h2-4H,15H2,1H3,(H,16,18,20). The van der Waals surface area contributed by atoms with Crippen molar-refractivity contribution >= 4 is 29.1 Å². The molecule has 0 atom stereocenters. The average Bonchev–Trinajstić information content (AvgIpc) is 2.74. The number of nitrogen functional groups attached to an aromatic ring is 1. The molecule has 0 aliphatic carbocycles. The topological polar surface area (TPSA) is 72.5 Å². The van der Waals surface area contributed by atoms with E-state index in [1.807, 2.05) is 0 Å². The Labute approximate surface area is 117 Å². The Morgan fingerprint density at radius 2 is 1.95 bits per heavy atom. The van der Waals surface area contributed by atoms with E-state index >= 15 is 0 Å². The van der Waals surface area contributed by atoms with Crippen LogP contribution in [0.5, 0.6) is 0 Å². The van der Waals surface area contributed by atoms with Crippen molar-refractivity contribution in [3.63, 3.8) is 0 Å². The zero-order valence-corrected chi connectivity index (χ0v) is 11.1. The quantitative estimate of drug-likeness (QED) is 0.677. The van der Waals surface area contributed by atoms with Crippen molar-refractivity contribution in [2.24, 2.45) is 0 Å². The summed E-state index contributed by atoms with van der Waals surface area (Å²) < 4.78 is 28.8. The smallest absolute Gasteiger partial charge is 0.207 e. The molecule has 0 aliphatic rings. The van der Waals surface area contributed by atoms with Crippen molar-refractivity contribution in [3.8, 4) is 5.69 Å². The molecule has 5 nitrogen and oxygen atoms in total. The first kappa shape index (κ1) is 12.7. The van der Waals surface area contributed by atoms with E-state index in [1.165, 1.54) is 6.07 Å². The van der Waals surface area contributed by atoms with Crippen molar-refractivity contribution in [1.29, 1.82) is 0 Å². The molecule has 0 fully saturated rings. The number of fused-ring (bicyclic) bond motifs is 1.